The normalized spacial score (nSPS) is 15.5. The van der Waals surface area contributed by atoms with Crippen LogP contribution in [0.1, 0.15) is 23.3 Å². The molecular formula is C52H37N. The summed E-state index contributed by atoms with van der Waals surface area (Å²) in [5.74, 6) is 0. The van der Waals surface area contributed by atoms with Crippen molar-refractivity contribution < 1.29 is 23.3 Å². The first-order valence-electron chi connectivity index (χ1n) is 25.3. The van der Waals surface area contributed by atoms with Crippen molar-refractivity contribution in [2.45, 2.75) is 0 Å². The average Bonchev–Trinajstić information content (AvgIpc) is 3.37. The van der Waals surface area contributed by atoms with Crippen molar-refractivity contribution in [3.05, 3.63) is 224 Å². The van der Waals surface area contributed by atoms with Gasteiger partial charge in [0.2, 0.25) is 0 Å². The third kappa shape index (κ3) is 6.65. The maximum absolute atomic E-state index is 9.57. The Labute approximate surface area is 335 Å². The first kappa shape index (κ1) is 18.5. The molecule has 0 aliphatic heterocycles. The van der Waals surface area contributed by atoms with Gasteiger partial charge in [0.15, 0.2) is 0 Å². The molecule has 250 valence electrons. The smallest absolute Gasteiger partial charge is 0.0645 e. The van der Waals surface area contributed by atoms with Crippen LogP contribution >= 0.6 is 0 Å². The molecule has 9 aromatic rings. The van der Waals surface area contributed by atoms with Gasteiger partial charge in [0.1, 0.15) is 0 Å². The van der Waals surface area contributed by atoms with Gasteiger partial charge in [-0.3, -0.25) is 0 Å². The zero-order valence-electron chi connectivity index (χ0n) is 45.0. The highest BCUT2D eigenvalue weighted by atomic mass is 15.1. The molecule has 0 radical (unpaired) electrons. The minimum Gasteiger partial charge on any atom is -0.310 e. The fourth-order valence-electron chi connectivity index (χ4n) is 6.16. The van der Waals surface area contributed by atoms with E-state index >= 15 is 0 Å². The molecule has 0 fully saturated rings. The first-order valence-corrected chi connectivity index (χ1v) is 16.8. The van der Waals surface area contributed by atoms with Crippen LogP contribution in [0.25, 0.3) is 66.4 Å². The number of hydrogen-bond donors (Lipinski definition) is 0. The minimum absolute atomic E-state index is 0.0203. The van der Waals surface area contributed by atoms with Crippen molar-refractivity contribution in [3.63, 3.8) is 0 Å². The maximum atomic E-state index is 9.57. The number of fused-ring (bicyclic) bond motifs is 1. The van der Waals surface area contributed by atoms with Crippen LogP contribution in [0.4, 0.5) is 17.1 Å². The van der Waals surface area contributed by atoms with Crippen molar-refractivity contribution in [2.24, 2.45) is 0 Å². The molecule has 0 N–H and O–H groups in total. The molecule has 9 rings (SSSR count). The zero-order valence-corrected chi connectivity index (χ0v) is 28.0. The van der Waals surface area contributed by atoms with Gasteiger partial charge in [-0.2, -0.15) is 0 Å². The third-order valence-corrected chi connectivity index (χ3v) is 8.78. The maximum Gasteiger partial charge on any atom is 0.0645 e. The SMILES string of the molecule is [2H]c1c([2H])c([2H])c(-c2c([2H])c([2H])c(-c3c([2H])c([2H])c(N(c4cccc(-c5cccc6ccccc56)c4)c4c([2H])c([2H])c(-c5ccc(-c6ccccc6)cc5)c([2H])c4[2H])c([2H])c3[2H])c([2H])c2[2H])c([2H])c1[2H]. The largest absolute Gasteiger partial charge is 0.310 e. The van der Waals surface area contributed by atoms with Crippen LogP contribution < -0.4 is 4.90 Å². The second-order valence-corrected chi connectivity index (χ2v) is 12.1. The number of rotatable bonds is 8. The molecule has 0 saturated carbocycles. The molecule has 0 bridgehead atoms. The summed E-state index contributed by atoms with van der Waals surface area (Å²) in [5, 5.41) is 1.81. The van der Waals surface area contributed by atoms with Crippen molar-refractivity contribution in [3.8, 4) is 55.6 Å². The van der Waals surface area contributed by atoms with E-state index in [0.717, 1.165) is 32.4 Å². The van der Waals surface area contributed by atoms with E-state index in [9.17, 15) is 11.0 Å². The summed E-state index contributed by atoms with van der Waals surface area (Å²) in [6.07, 6.45) is 0. The van der Waals surface area contributed by atoms with Crippen LogP contribution in [0.3, 0.4) is 0 Å². The Hall–Kier alpha value is -6.96. The third-order valence-electron chi connectivity index (χ3n) is 8.78. The van der Waals surface area contributed by atoms with Gasteiger partial charge in [-0.1, -0.05) is 188 Å². The van der Waals surface area contributed by atoms with Crippen LogP contribution in [0.5, 0.6) is 0 Å². The lowest BCUT2D eigenvalue weighted by Crippen LogP contribution is -2.10. The Morgan fingerprint density at radius 2 is 0.755 bits per heavy atom. The quantitative estimate of drug-likeness (QED) is 0.153. The van der Waals surface area contributed by atoms with Gasteiger partial charge < -0.3 is 4.90 Å². The molecular weight excluding hydrogens is 639 g/mol. The molecule has 0 aliphatic carbocycles. The Bertz CT molecular complexity index is 3510. The van der Waals surface area contributed by atoms with E-state index in [4.69, 9.17) is 12.3 Å². The number of benzene rings is 9. The van der Waals surface area contributed by atoms with Gasteiger partial charge >= 0.3 is 0 Å². The fourth-order valence-corrected chi connectivity index (χ4v) is 6.16. The zero-order chi connectivity index (χ0) is 50.2. The molecule has 1 heteroatoms. The Morgan fingerprint density at radius 3 is 1.40 bits per heavy atom. The molecule has 0 atom stereocenters. The Balaban J connectivity index is 1.29. The van der Waals surface area contributed by atoms with E-state index in [1.807, 2.05) is 91.0 Å². The van der Waals surface area contributed by atoms with Crippen LogP contribution in [0.2, 0.25) is 0 Å². The second-order valence-electron chi connectivity index (χ2n) is 12.1. The van der Waals surface area contributed by atoms with Crippen LogP contribution in [0.15, 0.2) is 224 Å². The molecule has 0 aliphatic rings. The van der Waals surface area contributed by atoms with E-state index in [1.54, 1.807) is 30.3 Å². The van der Waals surface area contributed by atoms with Gasteiger partial charge in [0.05, 0.1) is 23.3 Å². The van der Waals surface area contributed by atoms with Gasteiger partial charge in [-0.15, -0.1) is 0 Å². The van der Waals surface area contributed by atoms with Gasteiger partial charge in [-0.25, -0.2) is 0 Å². The predicted octanol–water partition coefficient (Wildman–Crippen LogP) is 14.6. The highest BCUT2D eigenvalue weighted by Crippen LogP contribution is 2.39. The van der Waals surface area contributed by atoms with Crippen LogP contribution in [0, 0.1) is 0 Å². The highest BCUT2D eigenvalue weighted by Gasteiger charge is 2.15. The van der Waals surface area contributed by atoms with Gasteiger partial charge in [0.25, 0.3) is 0 Å². The van der Waals surface area contributed by atoms with Crippen molar-refractivity contribution in [2.75, 3.05) is 4.90 Å². The van der Waals surface area contributed by atoms with Crippen molar-refractivity contribution >= 4 is 27.8 Å². The topological polar surface area (TPSA) is 3.24 Å². The lowest BCUT2D eigenvalue weighted by Gasteiger charge is -2.26. The predicted molar refractivity (Wildman–Crippen MR) is 226 cm³/mol. The number of hydrogen-bond acceptors (Lipinski definition) is 1. The first-order chi connectivity index (χ1) is 33.4. The average molecular weight is 693 g/mol. The van der Waals surface area contributed by atoms with E-state index in [2.05, 4.69) is 0 Å². The molecule has 0 unspecified atom stereocenters. The summed E-state index contributed by atoms with van der Waals surface area (Å²) < 4.78 is 153. The fraction of sp³-hybridized carbons (Fsp3) is 0. The Morgan fingerprint density at radius 1 is 0.302 bits per heavy atom. The lowest BCUT2D eigenvalue weighted by atomic mass is 9.97. The molecule has 0 heterocycles. The molecule has 0 amide bonds. The number of anilines is 3. The summed E-state index contributed by atoms with van der Waals surface area (Å²) in [4.78, 5) is 1.14. The van der Waals surface area contributed by atoms with Crippen molar-refractivity contribution in [1.82, 2.24) is 0 Å². The summed E-state index contributed by atoms with van der Waals surface area (Å²) in [5.41, 5.74) is 0.235. The summed E-state index contributed by atoms with van der Waals surface area (Å²) in [6.45, 7) is 0. The van der Waals surface area contributed by atoms with Crippen molar-refractivity contribution in [1.29, 1.82) is 0 Å². The molecule has 1 nitrogen and oxygen atoms in total. The summed E-state index contributed by atoms with van der Waals surface area (Å²) >= 11 is 0. The van der Waals surface area contributed by atoms with E-state index in [-0.39, 0.29) is 11.3 Å². The molecule has 0 spiro atoms. The minimum atomic E-state index is -0.872. The van der Waals surface area contributed by atoms with Crippen LogP contribution in [-0.2, 0) is 0 Å². The summed E-state index contributed by atoms with van der Waals surface area (Å²) in [7, 11) is 0. The lowest BCUT2D eigenvalue weighted by molar-refractivity contribution is 1.28. The van der Waals surface area contributed by atoms with E-state index < -0.39 is 136 Å². The second kappa shape index (κ2) is 14.3. The van der Waals surface area contributed by atoms with Crippen LogP contribution in [-0.4, -0.2) is 0 Å². The van der Waals surface area contributed by atoms with E-state index in [1.165, 1.54) is 0 Å². The monoisotopic (exact) mass is 692 g/mol. The number of nitrogens with zero attached hydrogens (tertiary/aromatic N) is 1. The van der Waals surface area contributed by atoms with E-state index in [0.29, 0.717) is 11.1 Å². The molecule has 0 saturated heterocycles. The van der Waals surface area contributed by atoms with Gasteiger partial charge in [0, 0.05) is 17.1 Å². The highest BCUT2D eigenvalue weighted by molar-refractivity contribution is 5.97. The molecule has 53 heavy (non-hydrogen) atoms. The standard InChI is InChI=1S/C52H37N/c1-3-11-38(12-4-1)40-21-25-42(26-22-40)44-29-33-48(34-30-44)53(50-18-9-17-47(37-50)52-20-10-16-46-15-7-8-19-51(46)52)49-35-31-45(32-36-49)43-27-23-41(24-28-43)39-13-5-2-6-14-39/h1-37H/i1D,3D,4D,11D,12D,21D,22D,25D,26D,29D,30D,31D,32D,33D,34D,35D,36D. The molecule has 9 aromatic carbocycles. The Kier molecular flexibility index (Phi) is 5.01. The molecule has 0 aromatic heterocycles. The summed E-state index contributed by atoms with van der Waals surface area (Å²) in [6, 6.07) is 24.1. The van der Waals surface area contributed by atoms with Gasteiger partial charge in [-0.05, 0) is 103 Å².